The predicted molar refractivity (Wildman–Crippen MR) is 98.6 cm³/mol. The van der Waals surface area contributed by atoms with Crippen LogP contribution in [-0.4, -0.2) is 38.1 Å². The molecule has 0 atom stereocenters. The fraction of sp³-hybridized carbons (Fsp3) is 0.150. The van der Waals surface area contributed by atoms with Gasteiger partial charge in [0.15, 0.2) is 11.5 Å². The summed E-state index contributed by atoms with van der Waals surface area (Å²) in [6, 6.07) is 10.8. The molecule has 2 amide bonds. The Morgan fingerprint density at radius 1 is 0.778 bits per heavy atom. The fourth-order valence-corrected chi connectivity index (χ4v) is 3.30. The molecule has 0 spiro atoms. The summed E-state index contributed by atoms with van der Waals surface area (Å²) in [6.07, 6.45) is 0. The van der Waals surface area contributed by atoms with E-state index >= 15 is 0 Å². The van der Waals surface area contributed by atoms with E-state index in [4.69, 9.17) is 14.2 Å². The summed E-state index contributed by atoms with van der Waals surface area (Å²) in [5.74, 6) is 0.545. The molecule has 3 aromatic rings. The Morgan fingerprint density at radius 3 is 2.07 bits per heavy atom. The molecule has 0 saturated carbocycles. The van der Waals surface area contributed by atoms with Gasteiger partial charge in [-0.15, -0.1) is 0 Å². The summed E-state index contributed by atoms with van der Waals surface area (Å²) in [5, 5.41) is 3.51. The molecule has 2 aromatic carbocycles. The maximum Gasteiger partial charge on any atom is 0.277 e. The normalized spacial score (nSPS) is 12.7. The minimum atomic E-state index is -0.525. The summed E-state index contributed by atoms with van der Waals surface area (Å²) < 4.78 is 16.2. The molecular weight excluding hydrogens is 348 g/mol. The number of rotatable bonds is 4. The van der Waals surface area contributed by atoms with Crippen LogP contribution in [0.1, 0.15) is 20.8 Å². The van der Waals surface area contributed by atoms with E-state index in [9.17, 15) is 9.59 Å². The maximum atomic E-state index is 12.3. The zero-order valence-corrected chi connectivity index (χ0v) is 15.0. The van der Waals surface area contributed by atoms with Gasteiger partial charge in [-0.25, -0.2) is 4.98 Å². The lowest BCUT2D eigenvalue weighted by atomic mass is 9.97. The lowest BCUT2D eigenvalue weighted by Crippen LogP contribution is -2.20. The van der Waals surface area contributed by atoms with Crippen molar-refractivity contribution in [1.29, 1.82) is 0 Å². The number of para-hydroxylation sites is 1. The molecule has 2 heterocycles. The monoisotopic (exact) mass is 364 g/mol. The van der Waals surface area contributed by atoms with Crippen LogP contribution in [0, 0.1) is 0 Å². The molecular formula is C20H16N2O5. The smallest absolute Gasteiger partial charge is 0.277 e. The Balaban J connectivity index is 2.16. The molecule has 0 fully saturated rings. The van der Waals surface area contributed by atoms with Gasteiger partial charge in [0.05, 0.1) is 32.6 Å². The van der Waals surface area contributed by atoms with Crippen molar-refractivity contribution in [2.24, 2.45) is 0 Å². The molecule has 27 heavy (non-hydrogen) atoms. The van der Waals surface area contributed by atoms with Crippen molar-refractivity contribution >= 4 is 22.6 Å². The first-order valence-corrected chi connectivity index (χ1v) is 8.17. The van der Waals surface area contributed by atoms with Crippen molar-refractivity contribution in [3.63, 3.8) is 0 Å². The highest BCUT2D eigenvalue weighted by atomic mass is 16.5. The number of carbonyl (C=O) groups is 2. The van der Waals surface area contributed by atoms with Crippen LogP contribution in [0.2, 0.25) is 0 Å². The predicted octanol–water partition coefficient (Wildman–Crippen LogP) is 2.81. The Kier molecular flexibility index (Phi) is 3.92. The van der Waals surface area contributed by atoms with Crippen LogP contribution in [0.15, 0.2) is 36.4 Å². The molecule has 0 unspecified atom stereocenters. The minimum Gasteiger partial charge on any atom is -0.496 e. The maximum absolute atomic E-state index is 12.3. The second-order valence-electron chi connectivity index (χ2n) is 5.92. The SMILES string of the molecule is COc1cc2c(-c3ccccc3OC)nc3c(c2cc1OC)C(=O)NC3=O. The van der Waals surface area contributed by atoms with Gasteiger partial charge in [-0.1, -0.05) is 12.1 Å². The highest BCUT2D eigenvalue weighted by Gasteiger charge is 2.33. The Bertz CT molecular complexity index is 1110. The zero-order chi connectivity index (χ0) is 19.1. The first-order chi connectivity index (χ1) is 13.1. The molecule has 0 saturated heterocycles. The minimum absolute atomic E-state index is 0.0839. The van der Waals surface area contributed by atoms with Gasteiger partial charge in [0.2, 0.25) is 0 Å². The average molecular weight is 364 g/mol. The van der Waals surface area contributed by atoms with Crippen LogP contribution in [-0.2, 0) is 0 Å². The number of methoxy groups -OCH3 is 3. The second-order valence-corrected chi connectivity index (χ2v) is 5.92. The van der Waals surface area contributed by atoms with Crippen LogP contribution in [0.25, 0.3) is 22.0 Å². The molecule has 1 aromatic heterocycles. The van der Waals surface area contributed by atoms with E-state index < -0.39 is 11.8 Å². The molecule has 7 nitrogen and oxygen atoms in total. The number of ether oxygens (including phenoxy) is 3. The molecule has 0 aliphatic carbocycles. The highest BCUT2D eigenvalue weighted by molar-refractivity contribution is 6.27. The first kappa shape index (κ1) is 16.8. The van der Waals surface area contributed by atoms with Crippen LogP contribution in [0.4, 0.5) is 0 Å². The Morgan fingerprint density at radius 2 is 1.41 bits per heavy atom. The summed E-state index contributed by atoms with van der Waals surface area (Å²) >= 11 is 0. The number of hydrogen-bond acceptors (Lipinski definition) is 6. The lowest BCUT2D eigenvalue weighted by Gasteiger charge is -2.15. The third-order valence-electron chi connectivity index (χ3n) is 4.54. The summed E-state index contributed by atoms with van der Waals surface area (Å²) in [5.41, 5.74) is 1.54. The number of fused-ring (bicyclic) bond motifs is 3. The number of benzene rings is 2. The number of amides is 2. The van der Waals surface area contributed by atoms with Crippen LogP contribution in [0.3, 0.4) is 0 Å². The van der Waals surface area contributed by atoms with Crippen LogP contribution in [0.5, 0.6) is 17.2 Å². The van der Waals surface area contributed by atoms with E-state index in [0.717, 1.165) is 0 Å². The molecule has 7 heteroatoms. The van der Waals surface area contributed by atoms with Gasteiger partial charge in [-0.3, -0.25) is 14.9 Å². The quantitative estimate of drug-likeness (QED) is 0.717. The summed E-state index contributed by atoms with van der Waals surface area (Å²) in [7, 11) is 4.61. The number of aromatic nitrogens is 1. The first-order valence-electron chi connectivity index (χ1n) is 8.17. The number of nitrogens with zero attached hydrogens (tertiary/aromatic N) is 1. The highest BCUT2D eigenvalue weighted by Crippen LogP contribution is 2.41. The third kappa shape index (κ3) is 2.47. The summed E-state index contributed by atoms with van der Waals surface area (Å²) in [4.78, 5) is 29.1. The zero-order valence-electron chi connectivity index (χ0n) is 15.0. The second kappa shape index (κ2) is 6.28. The molecule has 4 rings (SSSR count). The molecule has 1 aliphatic heterocycles. The number of carbonyl (C=O) groups excluding carboxylic acids is 2. The van der Waals surface area contributed by atoms with Gasteiger partial charge in [0.25, 0.3) is 11.8 Å². The van der Waals surface area contributed by atoms with Crippen molar-refractivity contribution < 1.29 is 23.8 Å². The van der Waals surface area contributed by atoms with Crippen molar-refractivity contribution in [2.75, 3.05) is 21.3 Å². The van der Waals surface area contributed by atoms with Gasteiger partial charge >= 0.3 is 0 Å². The number of nitrogens with one attached hydrogen (secondary N) is 1. The van der Waals surface area contributed by atoms with Crippen molar-refractivity contribution in [1.82, 2.24) is 10.3 Å². The molecule has 0 radical (unpaired) electrons. The fourth-order valence-electron chi connectivity index (χ4n) is 3.30. The van der Waals surface area contributed by atoms with Gasteiger partial charge in [0, 0.05) is 16.3 Å². The number of hydrogen-bond donors (Lipinski definition) is 1. The molecule has 1 aliphatic rings. The Labute approximate surface area is 154 Å². The van der Waals surface area contributed by atoms with Crippen molar-refractivity contribution in [3.05, 3.63) is 47.7 Å². The molecule has 1 N–H and O–H groups in total. The van der Waals surface area contributed by atoms with E-state index in [-0.39, 0.29) is 11.3 Å². The van der Waals surface area contributed by atoms with E-state index in [2.05, 4.69) is 10.3 Å². The largest absolute Gasteiger partial charge is 0.496 e. The van der Waals surface area contributed by atoms with Gasteiger partial charge < -0.3 is 14.2 Å². The van der Waals surface area contributed by atoms with E-state index in [1.165, 1.54) is 14.2 Å². The van der Waals surface area contributed by atoms with Gasteiger partial charge in [-0.2, -0.15) is 0 Å². The van der Waals surface area contributed by atoms with Gasteiger partial charge in [0.1, 0.15) is 11.4 Å². The lowest BCUT2D eigenvalue weighted by molar-refractivity contribution is 0.0878. The number of pyridine rings is 1. The third-order valence-corrected chi connectivity index (χ3v) is 4.54. The summed E-state index contributed by atoms with van der Waals surface area (Å²) in [6.45, 7) is 0. The number of imide groups is 1. The van der Waals surface area contributed by atoms with E-state index in [1.807, 2.05) is 24.3 Å². The van der Waals surface area contributed by atoms with Crippen LogP contribution < -0.4 is 19.5 Å². The molecule has 136 valence electrons. The van der Waals surface area contributed by atoms with Crippen molar-refractivity contribution in [2.45, 2.75) is 0 Å². The topological polar surface area (TPSA) is 86.8 Å². The standard InChI is InChI=1S/C20H16N2O5/c1-25-13-7-5-4-6-10(13)17-12-9-15(27-3)14(26-2)8-11(12)16-18(21-17)20(24)22-19(16)23/h4-9H,1-3H3,(H,22,23,24). The van der Waals surface area contributed by atoms with Gasteiger partial charge in [-0.05, 0) is 24.3 Å². The van der Waals surface area contributed by atoms with E-state index in [1.54, 1.807) is 19.2 Å². The average Bonchev–Trinajstić information content (AvgIpc) is 2.99. The van der Waals surface area contributed by atoms with Crippen molar-refractivity contribution in [3.8, 4) is 28.5 Å². The molecule has 0 bridgehead atoms. The van der Waals surface area contributed by atoms with E-state index in [0.29, 0.717) is 39.3 Å². The van der Waals surface area contributed by atoms with Crippen LogP contribution >= 0.6 is 0 Å². The Hall–Kier alpha value is -3.61.